The molecule has 0 radical (unpaired) electrons. The van der Waals surface area contributed by atoms with E-state index in [-0.39, 0.29) is 0 Å². The summed E-state index contributed by atoms with van der Waals surface area (Å²) < 4.78 is 5.46. The van der Waals surface area contributed by atoms with Crippen molar-refractivity contribution in [3.8, 4) is 0 Å². The number of nitrogens with one attached hydrogen (secondary N) is 1. The SMILES string of the molecule is Cc1ccccc1CC(C)NC(C)C1CCOC1. The average molecular weight is 247 g/mol. The van der Waals surface area contributed by atoms with Crippen molar-refractivity contribution in [1.29, 1.82) is 0 Å². The molecule has 0 bridgehead atoms. The van der Waals surface area contributed by atoms with Gasteiger partial charge in [-0.15, -0.1) is 0 Å². The van der Waals surface area contributed by atoms with Gasteiger partial charge in [0.1, 0.15) is 0 Å². The lowest BCUT2D eigenvalue weighted by Gasteiger charge is -2.24. The van der Waals surface area contributed by atoms with E-state index < -0.39 is 0 Å². The molecular formula is C16H25NO. The van der Waals surface area contributed by atoms with Gasteiger partial charge in [-0.3, -0.25) is 0 Å². The molecule has 0 amide bonds. The molecule has 2 heteroatoms. The van der Waals surface area contributed by atoms with Gasteiger partial charge in [0, 0.05) is 18.7 Å². The summed E-state index contributed by atoms with van der Waals surface area (Å²) in [5, 5.41) is 3.72. The Bertz CT molecular complexity index is 371. The molecule has 3 atom stereocenters. The van der Waals surface area contributed by atoms with Crippen LogP contribution in [0, 0.1) is 12.8 Å². The van der Waals surface area contributed by atoms with Crippen LogP contribution in [-0.2, 0) is 11.2 Å². The fourth-order valence-corrected chi connectivity index (χ4v) is 2.76. The molecule has 0 aliphatic carbocycles. The smallest absolute Gasteiger partial charge is 0.0509 e. The second kappa shape index (κ2) is 6.35. The van der Waals surface area contributed by atoms with Crippen LogP contribution in [0.4, 0.5) is 0 Å². The quantitative estimate of drug-likeness (QED) is 0.864. The van der Waals surface area contributed by atoms with E-state index in [9.17, 15) is 0 Å². The van der Waals surface area contributed by atoms with Crippen molar-refractivity contribution in [2.45, 2.75) is 45.7 Å². The molecule has 0 saturated carbocycles. The first kappa shape index (κ1) is 13.6. The van der Waals surface area contributed by atoms with Gasteiger partial charge in [-0.1, -0.05) is 24.3 Å². The van der Waals surface area contributed by atoms with Crippen LogP contribution in [-0.4, -0.2) is 25.3 Å². The molecule has 1 aliphatic heterocycles. The molecule has 1 aromatic carbocycles. The van der Waals surface area contributed by atoms with Crippen LogP contribution in [0.15, 0.2) is 24.3 Å². The Hall–Kier alpha value is -0.860. The van der Waals surface area contributed by atoms with Crippen molar-refractivity contribution in [2.75, 3.05) is 13.2 Å². The molecule has 100 valence electrons. The summed E-state index contributed by atoms with van der Waals surface area (Å²) in [4.78, 5) is 0. The first-order valence-electron chi connectivity index (χ1n) is 7.05. The second-order valence-corrected chi connectivity index (χ2v) is 5.61. The molecule has 1 saturated heterocycles. The van der Waals surface area contributed by atoms with Crippen molar-refractivity contribution in [3.05, 3.63) is 35.4 Å². The number of rotatable bonds is 5. The van der Waals surface area contributed by atoms with Crippen LogP contribution in [0.5, 0.6) is 0 Å². The van der Waals surface area contributed by atoms with E-state index in [1.807, 2.05) is 0 Å². The van der Waals surface area contributed by atoms with Crippen LogP contribution in [0.3, 0.4) is 0 Å². The molecule has 1 heterocycles. The first-order chi connectivity index (χ1) is 8.66. The summed E-state index contributed by atoms with van der Waals surface area (Å²) in [6.45, 7) is 8.61. The Morgan fingerprint density at radius 3 is 2.78 bits per heavy atom. The van der Waals surface area contributed by atoms with Crippen LogP contribution in [0.25, 0.3) is 0 Å². The van der Waals surface area contributed by atoms with Crippen molar-refractivity contribution in [1.82, 2.24) is 5.32 Å². The normalized spacial score (nSPS) is 22.9. The van der Waals surface area contributed by atoms with Crippen molar-refractivity contribution in [2.24, 2.45) is 5.92 Å². The van der Waals surface area contributed by atoms with Gasteiger partial charge in [0.2, 0.25) is 0 Å². The maximum Gasteiger partial charge on any atom is 0.0509 e. The average Bonchev–Trinajstić information content (AvgIpc) is 2.85. The summed E-state index contributed by atoms with van der Waals surface area (Å²) in [5.74, 6) is 0.685. The van der Waals surface area contributed by atoms with Crippen molar-refractivity contribution in [3.63, 3.8) is 0 Å². The zero-order valence-electron chi connectivity index (χ0n) is 11.8. The minimum Gasteiger partial charge on any atom is -0.381 e. The highest BCUT2D eigenvalue weighted by atomic mass is 16.5. The predicted octanol–water partition coefficient (Wildman–Crippen LogP) is 2.94. The summed E-state index contributed by atoms with van der Waals surface area (Å²) in [7, 11) is 0. The van der Waals surface area contributed by atoms with Gasteiger partial charge in [-0.25, -0.2) is 0 Å². The van der Waals surface area contributed by atoms with E-state index in [2.05, 4.69) is 50.4 Å². The zero-order chi connectivity index (χ0) is 13.0. The third-order valence-electron chi connectivity index (χ3n) is 4.01. The molecule has 1 fully saturated rings. The van der Waals surface area contributed by atoms with Gasteiger partial charge in [-0.05, 0) is 50.7 Å². The summed E-state index contributed by atoms with van der Waals surface area (Å²) in [5.41, 5.74) is 2.84. The molecule has 2 rings (SSSR count). The number of ether oxygens (including phenoxy) is 1. The maximum atomic E-state index is 5.46. The third-order valence-corrected chi connectivity index (χ3v) is 4.01. The molecular weight excluding hydrogens is 222 g/mol. The second-order valence-electron chi connectivity index (χ2n) is 5.61. The van der Waals surface area contributed by atoms with E-state index in [1.54, 1.807) is 0 Å². The molecule has 3 unspecified atom stereocenters. The molecule has 1 aliphatic rings. The molecule has 1 N–H and O–H groups in total. The standard InChI is InChI=1S/C16H25NO/c1-12-6-4-5-7-15(12)10-13(2)17-14(3)16-8-9-18-11-16/h4-7,13-14,16-17H,8-11H2,1-3H3. The van der Waals surface area contributed by atoms with Crippen LogP contribution in [0.1, 0.15) is 31.4 Å². The van der Waals surface area contributed by atoms with Gasteiger partial charge >= 0.3 is 0 Å². The summed E-state index contributed by atoms with van der Waals surface area (Å²) >= 11 is 0. The topological polar surface area (TPSA) is 21.3 Å². The lowest BCUT2D eigenvalue weighted by atomic mass is 9.97. The predicted molar refractivity (Wildman–Crippen MR) is 75.9 cm³/mol. The minimum atomic E-state index is 0.515. The highest BCUT2D eigenvalue weighted by Gasteiger charge is 2.23. The van der Waals surface area contributed by atoms with Crippen LogP contribution in [0.2, 0.25) is 0 Å². The Morgan fingerprint density at radius 2 is 2.11 bits per heavy atom. The molecule has 0 aromatic heterocycles. The molecule has 18 heavy (non-hydrogen) atoms. The number of hydrogen-bond donors (Lipinski definition) is 1. The van der Waals surface area contributed by atoms with Gasteiger partial charge in [0.15, 0.2) is 0 Å². The van der Waals surface area contributed by atoms with E-state index >= 15 is 0 Å². The van der Waals surface area contributed by atoms with Gasteiger partial charge < -0.3 is 10.1 Å². The van der Waals surface area contributed by atoms with Crippen LogP contribution < -0.4 is 5.32 Å². The van der Waals surface area contributed by atoms with Gasteiger partial charge in [0.05, 0.1) is 6.61 Å². The van der Waals surface area contributed by atoms with E-state index in [0.717, 1.165) is 19.6 Å². The largest absolute Gasteiger partial charge is 0.381 e. The Morgan fingerprint density at radius 1 is 1.33 bits per heavy atom. The highest BCUT2D eigenvalue weighted by Crippen LogP contribution is 2.17. The van der Waals surface area contributed by atoms with E-state index in [0.29, 0.717) is 18.0 Å². The fraction of sp³-hybridized carbons (Fsp3) is 0.625. The van der Waals surface area contributed by atoms with Crippen molar-refractivity contribution < 1.29 is 4.74 Å². The highest BCUT2D eigenvalue weighted by molar-refractivity contribution is 5.26. The summed E-state index contributed by atoms with van der Waals surface area (Å²) in [6.07, 6.45) is 2.30. The lowest BCUT2D eigenvalue weighted by molar-refractivity contribution is 0.177. The number of benzene rings is 1. The van der Waals surface area contributed by atoms with Gasteiger partial charge in [-0.2, -0.15) is 0 Å². The van der Waals surface area contributed by atoms with E-state index in [1.165, 1.54) is 17.5 Å². The summed E-state index contributed by atoms with van der Waals surface area (Å²) in [6, 6.07) is 9.72. The maximum absolute atomic E-state index is 5.46. The first-order valence-corrected chi connectivity index (χ1v) is 7.05. The Labute approximate surface area is 111 Å². The molecule has 1 aromatic rings. The van der Waals surface area contributed by atoms with Crippen molar-refractivity contribution >= 4 is 0 Å². The Balaban J connectivity index is 1.84. The number of hydrogen-bond acceptors (Lipinski definition) is 2. The minimum absolute atomic E-state index is 0.515. The lowest BCUT2D eigenvalue weighted by Crippen LogP contribution is -2.40. The zero-order valence-corrected chi connectivity index (χ0v) is 11.8. The fourth-order valence-electron chi connectivity index (χ4n) is 2.76. The number of aryl methyl sites for hydroxylation is 1. The Kier molecular flexibility index (Phi) is 4.79. The van der Waals surface area contributed by atoms with Gasteiger partial charge in [0.25, 0.3) is 0 Å². The molecule has 0 spiro atoms. The van der Waals surface area contributed by atoms with Crippen LogP contribution >= 0.6 is 0 Å². The van der Waals surface area contributed by atoms with E-state index in [4.69, 9.17) is 4.74 Å². The monoisotopic (exact) mass is 247 g/mol. The molecule has 2 nitrogen and oxygen atoms in total. The third kappa shape index (κ3) is 3.56.